The minimum absolute atomic E-state index is 0.165. The van der Waals surface area contributed by atoms with Gasteiger partial charge in [0.2, 0.25) is 0 Å². The molecule has 0 spiro atoms. The third-order valence-electron chi connectivity index (χ3n) is 1.64. The third kappa shape index (κ3) is 4.69. The second-order valence-electron chi connectivity index (χ2n) is 3.34. The van der Waals surface area contributed by atoms with Crippen LogP contribution in [-0.2, 0) is 9.53 Å². The molecule has 0 rings (SSSR count). The lowest BCUT2D eigenvalue weighted by Gasteiger charge is -2.17. The molecule has 14 heavy (non-hydrogen) atoms. The van der Waals surface area contributed by atoms with Crippen molar-refractivity contribution in [1.82, 2.24) is 5.32 Å². The molecule has 0 aromatic carbocycles. The molecule has 1 amide bonds. The Morgan fingerprint density at radius 1 is 1.43 bits per heavy atom. The molecule has 0 aliphatic carbocycles. The first-order valence-electron chi connectivity index (χ1n) is 4.65. The second-order valence-corrected chi connectivity index (χ2v) is 3.34. The summed E-state index contributed by atoms with van der Waals surface area (Å²) in [5, 5.41) is 11.0. The van der Waals surface area contributed by atoms with Crippen LogP contribution in [0.25, 0.3) is 0 Å². The van der Waals surface area contributed by atoms with Crippen molar-refractivity contribution in [3.05, 3.63) is 0 Å². The number of amides is 1. The van der Waals surface area contributed by atoms with Gasteiger partial charge in [-0.15, -0.1) is 0 Å². The van der Waals surface area contributed by atoms with Crippen LogP contribution in [0.3, 0.4) is 0 Å². The topological polar surface area (TPSA) is 75.6 Å². The molecule has 0 aliphatic rings. The Morgan fingerprint density at radius 2 is 2.00 bits per heavy atom. The van der Waals surface area contributed by atoms with E-state index in [4.69, 9.17) is 9.84 Å². The highest BCUT2D eigenvalue weighted by Gasteiger charge is 2.23. The van der Waals surface area contributed by atoms with Gasteiger partial charge in [-0.1, -0.05) is 20.8 Å². The molecule has 82 valence electrons. The van der Waals surface area contributed by atoms with Crippen molar-refractivity contribution in [1.29, 1.82) is 0 Å². The van der Waals surface area contributed by atoms with Crippen LogP contribution in [0.1, 0.15) is 27.2 Å². The van der Waals surface area contributed by atoms with E-state index < -0.39 is 18.1 Å². The lowest BCUT2D eigenvalue weighted by molar-refractivity contribution is -0.140. The van der Waals surface area contributed by atoms with Crippen LogP contribution in [0.4, 0.5) is 4.79 Å². The Balaban J connectivity index is 4.04. The summed E-state index contributed by atoms with van der Waals surface area (Å²) in [6.45, 7) is 5.61. The summed E-state index contributed by atoms with van der Waals surface area (Å²) in [5.74, 6) is -1.21. The van der Waals surface area contributed by atoms with Crippen molar-refractivity contribution in [2.75, 3.05) is 6.61 Å². The molecular formula is C9H17NO4. The van der Waals surface area contributed by atoms with E-state index in [2.05, 4.69) is 5.32 Å². The zero-order valence-electron chi connectivity index (χ0n) is 8.74. The van der Waals surface area contributed by atoms with Crippen molar-refractivity contribution in [2.45, 2.75) is 33.2 Å². The highest BCUT2D eigenvalue weighted by atomic mass is 16.5. The molecule has 0 aliphatic heterocycles. The lowest BCUT2D eigenvalue weighted by Crippen LogP contribution is -2.44. The predicted octanol–water partition coefficient (Wildman–Crippen LogP) is 1.23. The molecule has 0 aromatic rings. The molecule has 0 radical (unpaired) electrons. The van der Waals surface area contributed by atoms with Gasteiger partial charge in [-0.2, -0.15) is 0 Å². The van der Waals surface area contributed by atoms with Gasteiger partial charge in [-0.3, -0.25) is 0 Å². The summed E-state index contributed by atoms with van der Waals surface area (Å²) < 4.78 is 4.71. The van der Waals surface area contributed by atoms with E-state index in [9.17, 15) is 9.59 Å². The summed E-state index contributed by atoms with van der Waals surface area (Å²) in [6, 6.07) is -0.889. The Hall–Kier alpha value is -1.26. The summed E-state index contributed by atoms with van der Waals surface area (Å²) in [6.07, 6.45) is 0.0419. The number of carbonyl (C=O) groups is 2. The summed E-state index contributed by atoms with van der Waals surface area (Å²) in [4.78, 5) is 21.7. The Kier molecular flexibility index (Phi) is 5.67. The van der Waals surface area contributed by atoms with Crippen LogP contribution in [-0.4, -0.2) is 29.8 Å². The Morgan fingerprint density at radius 3 is 2.36 bits per heavy atom. The van der Waals surface area contributed by atoms with Crippen molar-refractivity contribution >= 4 is 12.1 Å². The summed E-state index contributed by atoms with van der Waals surface area (Å²) in [7, 11) is 0. The molecule has 5 heteroatoms. The number of alkyl carbamates (subject to hydrolysis) is 1. The van der Waals surface area contributed by atoms with Gasteiger partial charge in [0.15, 0.2) is 0 Å². The van der Waals surface area contributed by atoms with Crippen LogP contribution in [0.15, 0.2) is 0 Å². The highest BCUT2D eigenvalue weighted by Crippen LogP contribution is 2.01. The van der Waals surface area contributed by atoms with Gasteiger partial charge >= 0.3 is 12.1 Å². The van der Waals surface area contributed by atoms with Crippen LogP contribution >= 0.6 is 0 Å². The number of ether oxygens (including phenoxy) is 1. The largest absolute Gasteiger partial charge is 0.480 e. The van der Waals surface area contributed by atoms with Crippen LogP contribution in [0.5, 0.6) is 0 Å². The Labute approximate surface area is 83.4 Å². The average molecular weight is 203 g/mol. The minimum atomic E-state index is -1.05. The van der Waals surface area contributed by atoms with Crippen LogP contribution < -0.4 is 5.32 Å². The molecule has 2 N–H and O–H groups in total. The maximum Gasteiger partial charge on any atom is 0.407 e. The van der Waals surface area contributed by atoms with E-state index in [0.29, 0.717) is 13.0 Å². The fourth-order valence-electron chi connectivity index (χ4n) is 0.877. The number of aliphatic carboxylic acids is 1. The van der Waals surface area contributed by atoms with Gasteiger partial charge in [-0.05, 0) is 12.3 Å². The fourth-order valence-corrected chi connectivity index (χ4v) is 0.877. The van der Waals surface area contributed by atoms with Crippen molar-refractivity contribution in [3.8, 4) is 0 Å². The first kappa shape index (κ1) is 12.7. The lowest BCUT2D eigenvalue weighted by atomic mass is 10.1. The quantitative estimate of drug-likeness (QED) is 0.704. The summed E-state index contributed by atoms with van der Waals surface area (Å²) in [5.41, 5.74) is 0. The normalized spacial score (nSPS) is 12.3. The van der Waals surface area contributed by atoms with E-state index in [1.54, 1.807) is 13.8 Å². The first-order chi connectivity index (χ1) is 6.49. The van der Waals surface area contributed by atoms with Gasteiger partial charge in [-0.25, -0.2) is 9.59 Å². The number of carboxylic acids is 1. The second kappa shape index (κ2) is 6.23. The molecule has 5 nitrogen and oxygen atoms in total. The number of hydrogen-bond donors (Lipinski definition) is 2. The van der Waals surface area contributed by atoms with E-state index in [-0.39, 0.29) is 5.92 Å². The van der Waals surface area contributed by atoms with Crippen LogP contribution in [0, 0.1) is 5.92 Å². The van der Waals surface area contributed by atoms with Gasteiger partial charge in [0.1, 0.15) is 6.04 Å². The number of hydrogen-bond acceptors (Lipinski definition) is 3. The molecule has 1 atom stereocenters. The average Bonchev–Trinajstić information content (AvgIpc) is 2.09. The van der Waals surface area contributed by atoms with Gasteiger partial charge in [0.05, 0.1) is 6.61 Å². The smallest absolute Gasteiger partial charge is 0.407 e. The molecule has 1 unspecified atom stereocenters. The summed E-state index contributed by atoms with van der Waals surface area (Å²) >= 11 is 0. The minimum Gasteiger partial charge on any atom is -0.480 e. The van der Waals surface area contributed by atoms with Gasteiger partial charge in [0, 0.05) is 0 Å². The van der Waals surface area contributed by atoms with E-state index in [1.165, 1.54) is 0 Å². The van der Waals surface area contributed by atoms with Crippen molar-refractivity contribution in [2.24, 2.45) is 5.92 Å². The first-order valence-corrected chi connectivity index (χ1v) is 4.65. The SMILES string of the molecule is CCCOC(=O)NC(C(=O)O)C(C)C. The number of nitrogens with one attached hydrogen (secondary N) is 1. The zero-order chi connectivity index (χ0) is 11.1. The number of carbonyl (C=O) groups excluding carboxylic acids is 1. The molecule has 0 saturated heterocycles. The third-order valence-corrected chi connectivity index (χ3v) is 1.64. The van der Waals surface area contributed by atoms with Crippen LogP contribution in [0.2, 0.25) is 0 Å². The van der Waals surface area contributed by atoms with Gasteiger partial charge in [0.25, 0.3) is 0 Å². The van der Waals surface area contributed by atoms with E-state index in [1.807, 2.05) is 6.92 Å². The maximum absolute atomic E-state index is 11.0. The predicted molar refractivity (Wildman–Crippen MR) is 51.0 cm³/mol. The number of rotatable bonds is 5. The zero-order valence-corrected chi connectivity index (χ0v) is 8.74. The molecular weight excluding hydrogens is 186 g/mol. The number of carboxylic acid groups (broad SMARTS) is 1. The van der Waals surface area contributed by atoms with E-state index in [0.717, 1.165) is 0 Å². The fraction of sp³-hybridized carbons (Fsp3) is 0.778. The van der Waals surface area contributed by atoms with Crippen molar-refractivity contribution < 1.29 is 19.4 Å². The van der Waals surface area contributed by atoms with E-state index >= 15 is 0 Å². The van der Waals surface area contributed by atoms with Crippen molar-refractivity contribution in [3.63, 3.8) is 0 Å². The van der Waals surface area contributed by atoms with Gasteiger partial charge < -0.3 is 15.2 Å². The molecule has 0 saturated carbocycles. The molecule has 0 heterocycles. The molecule has 0 bridgehead atoms. The maximum atomic E-state index is 11.0. The Bertz CT molecular complexity index is 203. The standard InChI is InChI=1S/C9H17NO4/c1-4-5-14-9(13)10-7(6(2)3)8(11)12/h6-7H,4-5H2,1-3H3,(H,10,13)(H,11,12). The monoisotopic (exact) mass is 203 g/mol. The highest BCUT2D eigenvalue weighted by molar-refractivity contribution is 5.80. The molecule has 0 aromatic heterocycles. The molecule has 0 fully saturated rings.